The summed E-state index contributed by atoms with van der Waals surface area (Å²) in [6.45, 7) is 4.95. The molecule has 0 spiro atoms. The van der Waals surface area contributed by atoms with Gasteiger partial charge in [-0.15, -0.1) is 24.0 Å². The number of likely N-dealkylation sites (N-methyl/N-ethyl adjacent to an activating group) is 1. The number of aliphatic imine (C=N–C) groups is 1. The molecule has 2 heterocycles. The highest BCUT2D eigenvalue weighted by atomic mass is 127. The maximum atomic E-state index is 4.56. The van der Waals surface area contributed by atoms with Gasteiger partial charge in [-0.2, -0.15) is 0 Å². The molecule has 1 aromatic rings. The second-order valence-corrected chi connectivity index (χ2v) is 4.95. The van der Waals surface area contributed by atoms with Crippen LogP contribution in [0.1, 0.15) is 5.56 Å². The molecular formula is C14H25IN6. The van der Waals surface area contributed by atoms with Crippen LogP contribution in [0, 0.1) is 0 Å². The summed E-state index contributed by atoms with van der Waals surface area (Å²) < 4.78 is 0. The van der Waals surface area contributed by atoms with Gasteiger partial charge in [-0.3, -0.25) is 4.99 Å². The maximum absolute atomic E-state index is 4.56. The van der Waals surface area contributed by atoms with Crippen LogP contribution in [0.4, 0.5) is 5.82 Å². The Morgan fingerprint density at radius 1 is 1.33 bits per heavy atom. The number of guanidine groups is 1. The molecule has 1 aromatic heterocycles. The highest BCUT2D eigenvalue weighted by Gasteiger charge is 2.17. The predicted octanol–water partition coefficient (Wildman–Crippen LogP) is 0.746. The van der Waals surface area contributed by atoms with E-state index in [4.69, 9.17) is 0 Å². The zero-order valence-corrected chi connectivity index (χ0v) is 15.3. The van der Waals surface area contributed by atoms with Crippen molar-refractivity contribution in [3.8, 4) is 0 Å². The summed E-state index contributed by atoms with van der Waals surface area (Å²) in [6.07, 6.45) is 1.87. The molecule has 1 aliphatic rings. The Bertz CT molecular complexity index is 457. The molecule has 0 aromatic carbocycles. The summed E-state index contributed by atoms with van der Waals surface area (Å²) in [7, 11) is 5.79. The summed E-state index contributed by atoms with van der Waals surface area (Å²) in [6, 6.07) is 4.11. The molecule has 7 heteroatoms. The molecule has 0 saturated carbocycles. The standard InChI is InChI=1S/C14H24N6.HI/c1-15-14(16-2)18-11-12-5-4-6-17-13(12)20-9-7-19(3)8-10-20;/h4-6H,7-11H2,1-3H3,(H2,15,16,18);1H. The van der Waals surface area contributed by atoms with E-state index >= 15 is 0 Å². The number of hydrogen-bond donors (Lipinski definition) is 2. The highest BCUT2D eigenvalue weighted by Crippen LogP contribution is 2.18. The van der Waals surface area contributed by atoms with Crippen molar-refractivity contribution in [1.29, 1.82) is 0 Å². The minimum atomic E-state index is 0. The molecule has 21 heavy (non-hydrogen) atoms. The monoisotopic (exact) mass is 404 g/mol. The van der Waals surface area contributed by atoms with E-state index in [2.05, 4.69) is 43.5 Å². The van der Waals surface area contributed by atoms with Gasteiger partial charge >= 0.3 is 0 Å². The molecule has 2 rings (SSSR count). The molecular weight excluding hydrogens is 379 g/mol. The van der Waals surface area contributed by atoms with Crippen LogP contribution in [0.5, 0.6) is 0 Å². The van der Waals surface area contributed by atoms with Crippen molar-refractivity contribution in [3.63, 3.8) is 0 Å². The maximum Gasteiger partial charge on any atom is 0.190 e. The second kappa shape index (κ2) is 9.04. The van der Waals surface area contributed by atoms with Crippen LogP contribution in [0.3, 0.4) is 0 Å². The first-order valence-corrected chi connectivity index (χ1v) is 7.00. The van der Waals surface area contributed by atoms with Gasteiger partial charge in [0, 0.05) is 58.6 Å². The van der Waals surface area contributed by atoms with Crippen molar-refractivity contribution in [3.05, 3.63) is 23.9 Å². The fourth-order valence-electron chi connectivity index (χ4n) is 2.33. The molecule has 0 bridgehead atoms. The van der Waals surface area contributed by atoms with E-state index in [0.717, 1.165) is 44.5 Å². The minimum absolute atomic E-state index is 0. The van der Waals surface area contributed by atoms with Crippen molar-refractivity contribution in [2.45, 2.75) is 6.54 Å². The molecule has 1 aliphatic heterocycles. The van der Waals surface area contributed by atoms with Crippen molar-refractivity contribution in [1.82, 2.24) is 20.5 Å². The largest absolute Gasteiger partial charge is 0.359 e. The summed E-state index contributed by atoms with van der Waals surface area (Å²) >= 11 is 0. The van der Waals surface area contributed by atoms with Gasteiger partial charge < -0.3 is 20.4 Å². The first-order valence-electron chi connectivity index (χ1n) is 7.00. The summed E-state index contributed by atoms with van der Waals surface area (Å²) in [5.74, 6) is 1.87. The fourth-order valence-corrected chi connectivity index (χ4v) is 2.33. The molecule has 0 amide bonds. The molecule has 0 atom stereocenters. The van der Waals surface area contributed by atoms with Gasteiger partial charge in [-0.25, -0.2) is 4.98 Å². The predicted molar refractivity (Wildman–Crippen MR) is 98.6 cm³/mol. The number of anilines is 1. The average molecular weight is 404 g/mol. The highest BCUT2D eigenvalue weighted by molar-refractivity contribution is 14.0. The fraction of sp³-hybridized carbons (Fsp3) is 0.571. The van der Waals surface area contributed by atoms with Crippen molar-refractivity contribution < 1.29 is 0 Å². The van der Waals surface area contributed by atoms with Gasteiger partial charge in [0.25, 0.3) is 0 Å². The molecule has 6 nitrogen and oxygen atoms in total. The Hall–Kier alpha value is -1.09. The zero-order valence-electron chi connectivity index (χ0n) is 13.0. The van der Waals surface area contributed by atoms with Gasteiger partial charge in [0.15, 0.2) is 5.96 Å². The van der Waals surface area contributed by atoms with E-state index in [0.29, 0.717) is 0 Å². The number of aromatic nitrogens is 1. The van der Waals surface area contributed by atoms with Gasteiger partial charge in [-0.1, -0.05) is 6.07 Å². The number of nitrogens with zero attached hydrogens (tertiary/aromatic N) is 4. The first-order chi connectivity index (χ1) is 9.74. The number of piperazine rings is 1. The Kier molecular flexibility index (Phi) is 7.73. The third kappa shape index (κ3) is 4.99. The summed E-state index contributed by atoms with van der Waals surface area (Å²) in [5, 5.41) is 6.31. The molecule has 1 saturated heterocycles. The Morgan fingerprint density at radius 2 is 2.05 bits per heavy atom. The first kappa shape index (κ1) is 18.0. The van der Waals surface area contributed by atoms with Crippen LogP contribution >= 0.6 is 24.0 Å². The van der Waals surface area contributed by atoms with E-state index in [-0.39, 0.29) is 24.0 Å². The van der Waals surface area contributed by atoms with Crippen LogP contribution in [-0.4, -0.2) is 63.2 Å². The SMILES string of the molecule is CN=C(NC)NCc1cccnc1N1CCN(C)CC1.I. The van der Waals surface area contributed by atoms with Crippen molar-refractivity contribution in [2.24, 2.45) is 4.99 Å². The number of rotatable bonds is 3. The van der Waals surface area contributed by atoms with Crippen LogP contribution in [0.2, 0.25) is 0 Å². The lowest BCUT2D eigenvalue weighted by atomic mass is 10.2. The quantitative estimate of drug-likeness (QED) is 0.443. The molecule has 118 valence electrons. The van der Waals surface area contributed by atoms with Crippen LogP contribution in [0.25, 0.3) is 0 Å². The lowest BCUT2D eigenvalue weighted by Gasteiger charge is -2.34. The van der Waals surface area contributed by atoms with E-state index in [1.807, 2.05) is 19.3 Å². The van der Waals surface area contributed by atoms with Gasteiger partial charge in [-0.05, 0) is 13.1 Å². The van der Waals surface area contributed by atoms with Crippen molar-refractivity contribution in [2.75, 3.05) is 52.2 Å². The normalized spacial score (nSPS) is 16.3. The second-order valence-electron chi connectivity index (χ2n) is 4.95. The smallest absolute Gasteiger partial charge is 0.190 e. The molecule has 0 aliphatic carbocycles. The van der Waals surface area contributed by atoms with Gasteiger partial charge in [0.05, 0.1) is 0 Å². The van der Waals surface area contributed by atoms with Gasteiger partial charge in [0.2, 0.25) is 0 Å². The Balaban J connectivity index is 0.00000220. The van der Waals surface area contributed by atoms with Gasteiger partial charge in [0.1, 0.15) is 5.82 Å². The van der Waals surface area contributed by atoms with E-state index in [1.165, 1.54) is 5.56 Å². The van der Waals surface area contributed by atoms with E-state index in [9.17, 15) is 0 Å². The summed E-state index contributed by atoms with van der Waals surface area (Å²) in [4.78, 5) is 13.4. The molecule has 2 N–H and O–H groups in total. The molecule has 0 radical (unpaired) electrons. The zero-order chi connectivity index (χ0) is 14.4. The lowest BCUT2D eigenvalue weighted by molar-refractivity contribution is 0.312. The lowest BCUT2D eigenvalue weighted by Crippen LogP contribution is -2.45. The third-order valence-electron chi connectivity index (χ3n) is 3.58. The topological polar surface area (TPSA) is 55.8 Å². The summed E-state index contributed by atoms with van der Waals surface area (Å²) in [5.41, 5.74) is 1.20. The van der Waals surface area contributed by atoms with Crippen molar-refractivity contribution >= 4 is 35.8 Å². The number of pyridine rings is 1. The average Bonchev–Trinajstić information content (AvgIpc) is 2.50. The number of halogens is 1. The Morgan fingerprint density at radius 3 is 2.67 bits per heavy atom. The Labute approximate surface area is 144 Å². The molecule has 0 unspecified atom stereocenters. The number of nitrogens with one attached hydrogen (secondary N) is 2. The van der Waals surface area contributed by atoms with E-state index in [1.54, 1.807) is 7.05 Å². The third-order valence-corrected chi connectivity index (χ3v) is 3.58. The number of hydrogen-bond acceptors (Lipinski definition) is 4. The van der Waals surface area contributed by atoms with E-state index < -0.39 is 0 Å². The molecule has 1 fully saturated rings. The van der Waals surface area contributed by atoms with Crippen LogP contribution < -0.4 is 15.5 Å². The minimum Gasteiger partial charge on any atom is -0.359 e. The van der Waals surface area contributed by atoms with Crippen LogP contribution in [0.15, 0.2) is 23.3 Å². The van der Waals surface area contributed by atoms with Crippen LogP contribution in [-0.2, 0) is 6.54 Å².